The van der Waals surface area contributed by atoms with Crippen molar-refractivity contribution in [3.63, 3.8) is 0 Å². The fraction of sp³-hybridized carbons (Fsp3) is 0.229. The van der Waals surface area contributed by atoms with Gasteiger partial charge in [-0.2, -0.15) is 5.21 Å². The summed E-state index contributed by atoms with van der Waals surface area (Å²) in [7, 11) is 3.27. The van der Waals surface area contributed by atoms with Crippen LogP contribution in [-0.2, 0) is 22.4 Å². The van der Waals surface area contributed by atoms with E-state index in [0.29, 0.717) is 12.4 Å². The first kappa shape index (κ1) is 28.6. The van der Waals surface area contributed by atoms with Crippen LogP contribution in [0, 0.1) is 0 Å². The van der Waals surface area contributed by atoms with Crippen LogP contribution in [0.15, 0.2) is 89.3 Å². The highest BCUT2D eigenvalue weighted by Crippen LogP contribution is 2.35. The van der Waals surface area contributed by atoms with Crippen molar-refractivity contribution in [1.82, 2.24) is 35.2 Å². The Balaban J connectivity index is 1.31. The van der Waals surface area contributed by atoms with E-state index in [1.807, 2.05) is 48.5 Å². The number of furan rings is 1. The van der Waals surface area contributed by atoms with Crippen molar-refractivity contribution < 1.29 is 13.9 Å². The number of fused-ring (bicyclic) bond motifs is 2. The Bertz CT molecular complexity index is 2060. The third kappa shape index (κ3) is 5.50. The number of pyridine rings is 1. The minimum absolute atomic E-state index is 0.518. The normalized spacial score (nSPS) is 11.7. The monoisotopic (exact) mass is 599 g/mol. The first-order valence-corrected chi connectivity index (χ1v) is 15.0. The third-order valence-corrected chi connectivity index (χ3v) is 8.02. The van der Waals surface area contributed by atoms with E-state index in [1.54, 1.807) is 14.2 Å². The molecule has 7 rings (SSSR count). The van der Waals surface area contributed by atoms with E-state index in [4.69, 9.17) is 23.9 Å². The predicted octanol–water partition coefficient (Wildman–Crippen LogP) is 7.37. The van der Waals surface area contributed by atoms with Gasteiger partial charge in [0.05, 0.1) is 6.54 Å². The van der Waals surface area contributed by atoms with Crippen LogP contribution < -0.4 is 0 Å². The van der Waals surface area contributed by atoms with Gasteiger partial charge in [0.2, 0.25) is 12.1 Å². The topological polar surface area (TPSA) is 117 Å². The van der Waals surface area contributed by atoms with Crippen LogP contribution in [0.2, 0.25) is 0 Å². The summed E-state index contributed by atoms with van der Waals surface area (Å²) in [5.74, 6) is 2.26. The van der Waals surface area contributed by atoms with Crippen molar-refractivity contribution in [1.29, 1.82) is 0 Å². The van der Waals surface area contributed by atoms with Crippen molar-refractivity contribution in [2.24, 2.45) is 0 Å². The number of hydrogen-bond donors (Lipinski definition) is 1. The molecular formula is C35H33N7O3. The molecule has 0 unspecified atom stereocenters. The number of imidazole rings is 1. The summed E-state index contributed by atoms with van der Waals surface area (Å²) in [4.78, 5) is 10.3. The average molecular weight is 600 g/mol. The van der Waals surface area contributed by atoms with Crippen LogP contribution >= 0.6 is 0 Å². The molecule has 0 aliphatic rings. The molecule has 0 aliphatic carbocycles. The molecule has 0 atom stereocenters. The molecular weight excluding hydrogens is 566 g/mol. The van der Waals surface area contributed by atoms with Crippen LogP contribution in [0.3, 0.4) is 0 Å². The number of aromatic nitrogens is 7. The maximum absolute atomic E-state index is 6.31. The Morgan fingerprint density at radius 1 is 0.867 bits per heavy atom. The minimum Gasteiger partial charge on any atom is -0.456 e. The molecule has 0 aliphatic heterocycles. The van der Waals surface area contributed by atoms with Gasteiger partial charge in [-0.3, -0.25) is 0 Å². The Morgan fingerprint density at radius 3 is 2.42 bits per heavy atom. The van der Waals surface area contributed by atoms with Crippen molar-refractivity contribution in [2.45, 2.75) is 39.0 Å². The SMILES string of the molecule is CCCCc1nc2cc(-c3ccccc3)c(C(OC)OC)nc2n1Cc1ccc2oc(-c3ccccc3-c3nn[nH]n3)cc2c1. The molecule has 7 aromatic rings. The zero-order valence-electron chi connectivity index (χ0n) is 25.4. The van der Waals surface area contributed by atoms with Crippen LogP contribution in [0.5, 0.6) is 0 Å². The molecule has 0 amide bonds. The van der Waals surface area contributed by atoms with E-state index >= 15 is 0 Å². The molecule has 3 aromatic carbocycles. The Labute approximate surface area is 260 Å². The molecule has 0 fully saturated rings. The molecule has 4 aromatic heterocycles. The first-order valence-electron chi connectivity index (χ1n) is 15.0. The van der Waals surface area contributed by atoms with Gasteiger partial charge in [0.1, 0.15) is 28.4 Å². The predicted molar refractivity (Wildman–Crippen MR) is 172 cm³/mol. The van der Waals surface area contributed by atoms with Crippen LogP contribution in [-0.4, -0.2) is 49.4 Å². The number of ether oxygens (including phenoxy) is 2. The van der Waals surface area contributed by atoms with Gasteiger partial charge in [0.15, 0.2) is 5.65 Å². The van der Waals surface area contributed by atoms with E-state index in [2.05, 4.69) is 68.5 Å². The molecule has 0 radical (unpaired) electrons. The molecule has 0 saturated carbocycles. The van der Waals surface area contributed by atoms with E-state index in [9.17, 15) is 0 Å². The number of aryl methyl sites for hydroxylation is 1. The average Bonchev–Trinajstić information content (AvgIpc) is 3.84. The van der Waals surface area contributed by atoms with Crippen molar-refractivity contribution in [3.05, 3.63) is 102 Å². The maximum Gasteiger partial charge on any atom is 0.205 e. The summed E-state index contributed by atoms with van der Waals surface area (Å²) in [5, 5.41) is 15.6. The summed E-state index contributed by atoms with van der Waals surface area (Å²) in [5.41, 5.74) is 8.00. The summed E-state index contributed by atoms with van der Waals surface area (Å²) in [6.45, 7) is 2.80. The lowest BCUT2D eigenvalue weighted by molar-refractivity contribution is -0.108. The van der Waals surface area contributed by atoms with Gasteiger partial charge in [-0.05, 0) is 47.0 Å². The number of aromatic amines is 1. The summed E-state index contributed by atoms with van der Waals surface area (Å²) in [6, 6.07) is 28.5. The van der Waals surface area contributed by atoms with E-state index < -0.39 is 6.29 Å². The molecule has 0 bridgehead atoms. The molecule has 4 heterocycles. The Kier molecular flexibility index (Phi) is 7.89. The van der Waals surface area contributed by atoms with Gasteiger partial charge in [-0.15, -0.1) is 10.2 Å². The fourth-order valence-corrected chi connectivity index (χ4v) is 5.82. The van der Waals surface area contributed by atoms with Crippen molar-refractivity contribution in [3.8, 4) is 33.8 Å². The van der Waals surface area contributed by atoms with Crippen LogP contribution in [0.4, 0.5) is 0 Å². The fourth-order valence-electron chi connectivity index (χ4n) is 5.82. The Hall–Kier alpha value is -5.19. The van der Waals surface area contributed by atoms with E-state index in [0.717, 1.165) is 86.5 Å². The van der Waals surface area contributed by atoms with Gasteiger partial charge >= 0.3 is 0 Å². The van der Waals surface area contributed by atoms with Crippen LogP contribution in [0.1, 0.15) is 43.1 Å². The highest BCUT2D eigenvalue weighted by atomic mass is 16.7. The van der Waals surface area contributed by atoms with Crippen molar-refractivity contribution >= 4 is 22.1 Å². The van der Waals surface area contributed by atoms with Crippen LogP contribution in [0.25, 0.3) is 56.0 Å². The molecule has 0 spiro atoms. The number of hydrogen-bond acceptors (Lipinski definition) is 8. The van der Waals surface area contributed by atoms with Gasteiger partial charge in [0, 0.05) is 42.7 Å². The highest BCUT2D eigenvalue weighted by Gasteiger charge is 2.22. The van der Waals surface area contributed by atoms with Gasteiger partial charge in [-0.25, -0.2) is 9.97 Å². The number of nitrogens with one attached hydrogen (secondary N) is 1. The summed E-state index contributed by atoms with van der Waals surface area (Å²) >= 11 is 0. The van der Waals surface area contributed by atoms with Gasteiger partial charge in [0.25, 0.3) is 0 Å². The zero-order valence-corrected chi connectivity index (χ0v) is 25.4. The van der Waals surface area contributed by atoms with Crippen molar-refractivity contribution in [2.75, 3.05) is 14.2 Å². The zero-order chi connectivity index (χ0) is 30.8. The number of unbranched alkanes of at least 4 members (excludes halogenated alkanes) is 1. The number of nitrogens with zero attached hydrogens (tertiary/aromatic N) is 6. The van der Waals surface area contributed by atoms with Gasteiger partial charge < -0.3 is 18.5 Å². The second kappa shape index (κ2) is 12.4. The lowest BCUT2D eigenvalue weighted by Crippen LogP contribution is -2.11. The molecule has 1 N–H and O–H groups in total. The summed E-state index contributed by atoms with van der Waals surface area (Å²) in [6.07, 6.45) is 2.33. The van der Waals surface area contributed by atoms with E-state index in [-0.39, 0.29) is 0 Å². The largest absolute Gasteiger partial charge is 0.456 e. The number of methoxy groups -OCH3 is 2. The lowest BCUT2D eigenvalue weighted by atomic mass is 10.0. The first-order chi connectivity index (χ1) is 22.2. The molecule has 10 nitrogen and oxygen atoms in total. The number of benzene rings is 3. The standard InChI is InChI=1S/C35H33N7O3/c1-4-5-15-31-36-28-20-27(23-11-7-6-8-12-23)32(35(43-2)44-3)37-34(28)42(31)21-22-16-17-29-24(18-22)19-30(45-29)25-13-9-10-14-26(25)33-38-40-41-39-33/h6-14,16-20,35H,4-5,15,21H2,1-3H3,(H,38,39,40,41). The summed E-state index contributed by atoms with van der Waals surface area (Å²) < 4.78 is 19.9. The quantitative estimate of drug-likeness (QED) is 0.153. The highest BCUT2D eigenvalue weighted by molar-refractivity contribution is 5.87. The molecule has 226 valence electrons. The molecule has 45 heavy (non-hydrogen) atoms. The molecule has 10 heteroatoms. The number of tetrazole rings is 1. The number of H-pyrrole nitrogens is 1. The second-order valence-corrected chi connectivity index (χ2v) is 10.9. The number of rotatable bonds is 11. The molecule has 0 saturated heterocycles. The Morgan fingerprint density at radius 2 is 1.67 bits per heavy atom. The van der Waals surface area contributed by atoms with Gasteiger partial charge in [-0.1, -0.05) is 74.0 Å². The third-order valence-electron chi connectivity index (χ3n) is 8.02. The lowest BCUT2D eigenvalue weighted by Gasteiger charge is -2.17. The maximum atomic E-state index is 6.31. The minimum atomic E-state index is -0.622. The second-order valence-electron chi connectivity index (χ2n) is 10.9. The van der Waals surface area contributed by atoms with E-state index in [1.165, 1.54) is 0 Å². The smallest absolute Gasteiger partial charge is 0.205 e.